The van der Waals surface area contributed by atoms with Gasteiger partial charge in [-0.05, 0) is 35.0 Å². The molecule has 0 aliphatic heterocycles. The standard InChI is InChI=1S/C19H13ClFNO3/c20-16-9-13(21)6-7-17(16)22-19(24)11-25-18-8-5-12-3-1-2-4-14(12)15(18)10-23/h1-10H,11H2,(H,22,24). The maximum atomic E-state index is 13.0. The molecule has 4 nitrogen and oxygen atoms in total. The zero-order valence-electron chi connectivity index (χ0n) is 13.0. The normalized spacial score (nSPS) is 10.5. The molecule has 0 fully saturated rings. The van der Waals surface area contributed by atoms with Crippen molar-refractivity contribution in [1.82, 2.24) is 0 Å². The number of halogens is 2. The van der Waals surface area contributed by atoms with E-state index in [4.69, 9.17) is 16.3 Å². The first-order valence-electron chi connectivity index (χ1n) is 7.43. The Morgan fingerprint density at radius 1 is 1.16 bits per heavy atom. The van der Waals surface area contributed by atoms with Crippen LogP contribution in [-0.2, 0) is 4.79 Å². The fourth-order valence-corrected chi connectivity index (χ4v) is 2.66. The van der Waals surface area contributed by atoms with Gasteiger partial charge in [-0.25, -0.2) is 4.39 Å². The van der Waals surface area contributed by atoms with Crippen molar-refractivity contribution in [1.29, 1.82) is 0 Å². The minimum absolute atomic E-state index is 0.0904. The first-order valence-corrected chi connectivity index (χ1v) is 7.81. The van der Waals surface area contributed by atoms with Crippen molar-refractivity contribution in [3.8, 4) is 5.75 Å². The number of hydrogen-bond donors (Lipinski definition) is 1. The molecule has 0 aliphatic rings. The van der Waals surface area contributed by atoms with Gasteiger partial charge in [0, 0.05) is 0 Å². The Kier molecular flexibility index (Phi) is 4.95. The lowest BCUT2D eigenvalue weighted by Crippen LogP contribution is -2.20. The van der Waals surface area contributed by atoms with Gasteiger partial charge in [0.1, 0.15) is 11.6 Å². The third-order valence-electron chi connectivity index (χ3n) is 3.61. The van der Waals surface area contributed by atoms with E-state index in [2.05, 4.69) is 5.32 Å². The van der Waals surface area contributed by atoms with Crippen molar-refractivity contribution in [3.63, 3.8) is 0 Å². The second-order valence-electron chi connectivity index (χ2n) is 5.28. The number of rotatable bonds is 5. The number of ether oxygens (including phenoxy) is 1. The molecule has 0 atom stereocenters. The molecule has 0 aromatic heterocycles. The third-order valence-corrected chi connectivity index (χ3v) is 3.93. The summed E-state index contributed by atoms with van der Waals surface area (Å²) in [4.78, 5) is 23.4. The molecule has 3 aromatic rings. The summed E-state index contributed by atoms with van der Waals surface area (Å²) in [6.45, 7) is -0.313. The minimum atomic E-state index is -0.494. The fraction of sp³-hybridized carbons (Fsp3) is 0.0526. The summed E-state index contributed by atoms with van der Waals surface area (Å²) in [7, 11) is 0. The number of amides is 1. The predicted molar refractivity (Wildman–Crippen MR) is 94.9 cm³/mol. The largest absolute Gasteiger partial charge is 0.483 e. The Bertz CT molecular complexity index is 959. The highest BCUT2D eigenvalue weighted by Gasteiger charge is 2.11. The first-order chi connectivity index (χ1) is 12.1. The molecule has 0 saturated carbocycles. The van der Waals surface area contributed by atoms with Gasteiger partial charge in [-0.3, -0.25) is 9.59 Å². The van der Waals surface area contributed by atoms with Crippen molar-refractivity contribution >= 4 is 40.3 Å². The van der Waals surface area contributed by atoms with E-state index in [0.717, 1.165) is 16.8 Å². The van der Waals surface area contributed by atoms with Crippen LogP contribution in [0.3, 0.4) is 0 Å². The smallest absolute Gasteiger partial charge is 0.262 e. The van der Waals surface area contributed by atoms with Crippen LogP contribution in [0.2, 0.25) is 5.02 Å². The molecule has 3 aromatic carbocycles. The van der Waals surface area contributed by atoms with Crippen LogP contribution in [0.4, 0.5) is 10.1 Å². The Labute approximate surface area is 148 Å². The lowest BCUT2D eigenvalue weighted by Gasteiger charge is -2.11. The van der Waals surface area contributed by atoms with E-state index in [1.807, 2.05) is 30.3 Å². The highest BCUT2D eigenvalue weighted by atomic mass is 35.5. The van der Waals surface area contributed by atoms with Crippen molar-refractivity contribution in [2.24, 2.45) is 0 Å². The van der Waals surface area contributed by atoms with Crippen LogP contribution in [0.15, 0.2) is 54.6 Å². The summed E-state index contributed by atoms with van der Waals surface area (Å²) < 4.78 is 18.5. The lowest BCUT2D eigenvalue weighted by molar-refractivity contribution is -0.118. The third kappa shape index (κ3) is 3.78. The molecular weight excluding hydrogens is 345 g/mol. The predicted octanol–water partition coefficient (Wildman–Crippen LogP) is 4.46. The van der Waals surface area contributed by atoms with E-state index in [1.165, 1.54) is 12.1 Å². The molecule has 1 amide bonds. The highest BCUT2D eigenvalue weighted by molar-refractivity contribution is 6.33. The second kappa shape index (κ2) is 7.32. The molecule has 3 rings (SSSR count). The van der Waals surface area contributed by atoms with E-state index >= 15 is 0 Å². The van der Waals surface area contributed by atoms with Crippen molar-refractivity contribution in [2.45, 2.75) is 0 Å². The summed E-state index contributed by atoms with van der Waals surface area (Å²) in [5.74, 6) is -0.654. The van der Waals surface area contributed by atoms with Crippen molar-refractivity contribution in [3.05, 3.63) is 71.0 Å². The molecule has 0 aliphatic carbocycles. The van der Waals surface area contributed by atoms with Gasteiger partial charge in [-0.2, -0.15) is 0 Å². The number of anilines is 1. The number of nitrogens with one attached hydrogen (secondary N) is 1. The van der Waals surface area contributed by atoms with Gasteiger partial charge in [-0.1, -0.05) is 41.9 Å². The van der Waals surface area contributed by atoms with Crippen LogP contribution in [0.1, 0.15) is 10.4 Å². The number of carbonyl (C=O) groups excluding carboxylic acids is 2. The Balaban J connectivity index is 1.74. The van der Waals surface area contributed by atoms with Crippen LogP contribution in [-0.4, -0.2) is 18.8 Å². The Morgan fingerprint density at radius 3 is 2.72 bits per heavy atom. The molecule has 0 heterocycles. The topological polar surface area (TPSA) is 55.4 Å². The molecule has 0 saturated heterocycles. The van der Waals surface area contributed by atoms with Gasteiger partial charge < -0.3 is 10.1 Å². The van der Waals surface area contributed by atoms with E-state index < -0.39 is 11.7 Å². The number of aldehydes is 1. The average Bonchev–Trinajstić information content (AvgIpc) is 2.61. The summed E-state index contributed by atoms with van der Waals surface area (Å²) in [6, 6.07) is 14.5. The Morgan fingerprint density at radius 2 is 1.96 bits per heavy atom. The highest BCUT2D eigenvalue weighted by Crippen LogP contribution is 2.27. The van der Waals surface area contributed by atoms with Gasteiger partial charge in [0.05, 0.1) is 16.3 Å². The van der Waals surface area contributed by atoms with Crippen LogP contribution in [0.5, 0.6) is 5.75 Å². The van der Waals surface area contributed by atoms with Crippen LogP contribution >= 0.6 is 11.6 Å². The number of carbonyl (C=O) groups is 2. The van der Waals surface area contributed by atoms with Crippen molar-refractivity contribution in [2.75, 3.05) is 11.9 Å². The maximum Gasteiger partial charge on any atom is 0.262 e. The second-order valence-corrected chi connectivity index (χ2v) is 5.68. The molecule has 0 unspecified atom stereocenters. The molecule has 126 valence electrons. The zero-order valence-corrected chi connectivity index (χ0v) is 13.7. The van der Waals surface area contributed by atoms with Crippen LogP contribution in [0.25, 0.3) is 10.8 Å². The lowest BCUT2D eigenvalue weighted by atomic mass is 10.0. The molecule has 1 N–H and O–H groups in total. The molecular formula is C19H13ClFNO3. The van der Waals surface area contributed by atoms with Gasteiger partial charge in [0.2, 0.25) is 0 Å². The number of hydrogen-bond acceptors (Lipinski definition) is 3. The molecule has 0 radical (unpaired) electrons. The average molecular weight is 358 g/mol. The minimum Gasteiger partial charge on any atom is -0.483 e. The molecule has 25 heavy (non-hydrogen) atoms. The van der Waals surface area contributed by atoms with E-state index in [1.54, 1.807) is 6.07 Å². The first kappa shape index (κ1) is 16.9. The van der Waals surface area contributed by atoms with Gasteiger partial charge in [-0.15, -0.1) is 0 Å². The maximum absolute atomic E-state index is 13.0. The SMILES string of the molecule is O=Cc1c(OCC(=O)Nc2ccc(F)cc2Cl)ccc2ccccc12. The summed E-state index contributed by atoms with van der Waals surface area (Å²) in [5.41, 5.74) is 0.663. The van der Waals surface area contributed by atoms with E-state index in [-0.39, 0.29) is 17.3 Å². The van der Waals surface area contributed by atoms with Crippen LogP contribution in [0, 0.1) is 5.82 Å². The quantitative estimate of drug-likeness (QED) is 0.686. The van der Waals surface area contributed by atoms with Crippen LogP contribution < -0.4 is 10.1 Å². The van der Waals surface area contributed by atoms with E-state index in [9.17, 15) is 14.0 Å². The van der Waals surface area contributed by atoms with Gasteiger partial charge >= 0.3 is 0 Å². The zero-order chi connectivity index (χ0) is 17.8. The molecule has 6 heteroatoms. The summed E-state index contributed by atoms with van der Waals surface area (Å²) in [5, 5.41) is 4.27. The molecule has 0 spiro atoms. The van der Waals surface area contributed by atoms with Gasteiger partial charge in [0.25, 0.3) is 5.91 Å². The number of benzene rings is 3. The van der Waals surface area contributed by atoms with Gasteiger partial charge in [0.15, 0.2) is 12.9 Å². The summed E-state index contributed by atoms with van der Waals surface area (Å²) >= 11 is 5.86. The fourth-order valence-electron chi connectivity index (χ4n) is 2.44. The van der Waals surface area contributed by atoms with E-state index in [0.29, 0.717) is 17.6 Å². The van der Waals surface area contributed by atoms with Crippen molar-refractivity contribution < 1.29 is 18.7 Å². The number of fused-ring (bicyclic) bond motifs is 1. The molecule has 0 bridgehead atoms. The Hall–Kier alpha value is -2.92. The summed E-state index contributed by atoms with van der Waals surface area (Å²) in [6.07, 6.45) is 0.701. The monoisotopic (exact) mass is 357 g/mol.